The van der Waals surface area contributed by atoms with Gasteiger partial charge in [-0.1, -0.05) is 30.1 Å². The van der Waals surface area contributed by atoms with Crippen molar-refractivity contribution in [2.75, 3.05) is 18.4 Å². The van der Waals surface area contributed by atoms with Crippen LogP contribution in [0.3, 0.4) is 0 Å². The van der Waals surface area contributed by atoms with Gasteiger partial charge in [0.2, 0.25) is 5.91 Å². The number of amides is 2. The molecule has 2 aromatic rings. The molecule has 6 nitrogen and oxygen atoms in total. The summed E-state index contributed by atoms with van der Waals surface area (Å²) in [5.74, 6) is -0.152. The van der Waals surface area contributed by atoms with Gasteiger partial charge in [-0.3, -0.25) is 9.59 Å². The maximum Gasteiger partial charge on any atom is 0.257 e. The van der Waals surface area contributed by atoms with Gasteiger partial charge < -0.3 is 20.4 Å². The van der Waals surface area contributed by atoms with Crippen LogP contribution in [-0.2, 0) is 11.3 Å². The second-order valence-corrected chi connectivity index (χ2v) is 6.25. The molecular weight excluding hydrogens is 365 g/mol. The van der Waals surface area contributed by atoms with Crippen molar-refractivity contribution in [3.63, 3.8) is 0 Å². The molecule has 25 heavy (non-hydrogen) atoms. The fraction of sp³-hybridized carbons (Fsp3) is 0.294. The Morgan fingerprint density at radius 1 is 1.28 bits per heavy atom. The van der Waals surface area contributed by atoms with Crippen molar-refractivity contribution in [1.29, 1.82) is 0 Å². The summed E-state index contributed by atoms with van der Waals surface area (Å²) in [5.41, 5.74) is 6.25. The number of furan rings is 1. The van der Waals surface area contributed by atoms with E-state index >= 15 is 0 Å². The maximum absolute atomic E-state index is 12.6. The van der Waals surface area contributed by atoms with Crippen molar-refractivity contribution in [3.8, 4) is 0 Å². The lowest BCUT2D eigenvalue weighted by Crippen LogP contribution is -2.38. The van der Waals surface area contributed by atoms with Gasteiger partial charge in [-0.2, -0.15) is 0 Å². The quantitative estimate of drug-likeness (QED) is 0.764. The Morgan fingerprint density at radius 2 is 2.04 bits per heavy atom. The van der Waals surface area contributed by atoms with Crippen molar-refractivity contribution >= 4 is 40.7 Å². The number of halogens is 2. The highest BCUT2D eigenvalue weighted by molar-refractivity contribution is 6.35. The number of carbonyl (C=O) groups is 2. The van der Waals surface area contributed by atoms with Gasteiger partial charge in [0.15, 0.2) is 0 Å². The van der Waals surface area contributed by atoms with Crippen LogP contribution in [0.25, 0.3) is 0 Å². The first-order chi connectivity index (χ1) is 11.9. The molecule has 0 atom stereocenters. The van der Waals surface area contributed by atoms with E-state index < -0.39 is 0 Å². The van der Waals surface area contributed by atoms with Crippen LogP contribution < -0.4 is 11.1 Å². The van der Waals surface area contributed by atoms with Crippen LogP contribution in [0.5, 0.6) is 0 Å². The molecule has 3 N–H and O–H groups in total. The molecule has 0 fully saturated rings. The summed E-state index contributed by atoms with van der Waals surface area (Å²) in [7, 11) is 0. The summed E-state index contributed by atoms with van der Waals surface area (Å²) in [6.45, 7) is 2.44. The zero-order chi connectivity index (χ0) is 18.4. The van der Waals surface area contributed by atoms with Crippen LogP contribution >= 0.6 is 23.2 Å². The molecule has 0 unspecified atom stereocenters. The largest absolute Gasteiger partial charge is 0.467 e. The Hall–Kier alpha value is -2.02. The number of benzene rings is 1. The van der Waals surface area contributed by atoms with Crippen molar-refractivity contribution < 1.29 is 14.0 Å². The van der Waals surface area contributed by atoms with E-state index in [1.54, 1.807) is 24.3 Å². The molecule has 0 aliphatic carbocycles. The first-order valence-electron chi connectivity index (χ1n) is 7.76. The van der Waals surface area contributed by atoms with Gasteiger partial charge in [-0.05, 0) is 30.7 Å². The van der Waals surface area contributed by atoms with Crippen molar-refractivity contribution in [1.82, 2.24) is 4.90 Å². The Bertz CT molecular complexity index is 761. The summed E-state index contributed by atoms with van der Waals surface area (Å²) in [5, 5.41) is 3.49. The lowest BCUT2D eigenvalue weighted by molar-refractivity contribution is -0.116. The van der Waals surface area contributed by atoms with Crippen LogP contribution in [-0.4, -0.2) is 29.8 Å². The van der Waals surface area contributed by atoms with Gasteiger partial charge >= 0.3 is 0 Å². The Labute approximate surface area is 155 Å². The van der Waals surface area contributed by atoms with Crippen LogP contribution in [0.2, 0.25) is 10.0 Å². The van der Waals surface area contributed by atoms with E-state index in [1.807, 2.05) is 6.92 Å². The Balaban J connectivity index is 2.08. The van der Waals surface area contributed by atoms with Gasteiger partial charge in [0.25, 0.3) is 5.91 Å². The number of nitrogens with two attached hydrogens (primary N) is 1. The molecule has 2 amide bonds. The average Bonchev–Trinajstić information content (AvgIpc) is 3.06. The van der Waals surface area contributed by atoms with Gasteiger partial charge in [-0.15, -0.1) is 0 Å². The normalized spacial score (nSPS) is 10.6. The number of nitrogens with zero attached hydrogens (tertiary/aromatic N) is 1. The van der Waals surface area contributed by atoms with Crippen LogP contribution in [0.4, 0.5) is 5.69 Å². The minimum atomic E-state index is -0.367. The third-order valence-electron chi connectivity index (χ3n) is 3.42. The smallest absolute Gasteiger partial charge is 0.257 e. The summed E-state index contributed by atoms with van der Waals surface area (Å²) < 4.78 is 5.19. The van der Waals surface area contributed by atoms with E-state index in [2.05, 4.69) is 5.32 Å². The number of hydrogen-bond donors (Lipinski definition) is 2. The number of rotatable bonds is 7. The highest BCUT2D eigenvalue weighted by atomic mass is 35.5. The minimum Gasteiger partial charge on any atom is -0.467 e. The van der Waals surface area contributed by atoms with Crippen LogP contribution in [0.1, 0.15) is 29.5 Å². The molecule has 0 aliphatic rings. The number of anilines is 1. The zero-order valence-electron chi connectivity index (χ0n) is 13.7. The summed E-state index contributed by atoms with van der Waals surface area (Å²) in [4.78, 5) is 26.3. The van der Waals surface area contributed by atoms with E-state index in [9.17, 15) is 9.59 Å². The molecule has 1 aromatic carbocycles. The predicted octanol–water partition coefficient (Wildman–Crippen LogP) is 3.54. The standard InChI is InChI=1S/C17H19Cl2N3O3/c1-2-5-22(17(24)11-6-13(8-20)25-10-11)9-16(23)21-15-7-12(18)3-4-14(15)19/h3-4,6-7,10H,2,5,8-9,20H2,1H3,(H,21,23). The van der Waals surface area contributed by atoms with Crippen LogP contribution in [0.15, 0.2) is 34.9 Å². The Morgan fingerprint density at radius 3 is 2.68 bits per heavy atom. The topological polar surface area (TPSA) is 88.6 Å². The predicted molar refractivity (Wildman–Crippen MR) is 97.9 cm³/mol. The van der Waals surface area contributed by atoms with Crippen molar-refractivity contribution in [2.24, 2.45) is 5.73 Å². The molecule has 0 spiro atoms. The lowest BCUT2D eigenvalue weighted by Gasteiger charge is -2.21. The zero-order valence-corrected chi connectivity index (χ0v) is 15.2. The monoisotopic (exact) mass is 383 g/mol. The fourth-order valence-electron chi connectivity index (χ4n) is 2.26. The SMILES string of the molecule is CCCN(CC(=O)Nc1cc(Cl)ccc1Cl)C(=O)c1coc(CN)c1. The van der Waals surface area contributed by atoms with E-state index in [1.165, 1.54) is 11.2 Å². The van der Waals surface area contributed by atoms with E-state index in [0.717, 1.165) is 0 Å². The fourth-order valence-corrected chi connectivity index (χ4v) is 2.60. The molecule has 0 aliphatic heterocycles. The second-order valence-electron chi connectivity index (χ2n) is 5.40. The Kier molecular flexibility index (Phi) is 6.87. The third kappa shape index (κ3) is 5.22. The molecule has 1 heterocycles. The van der Waals surface area contributed by atoms with Gasteiger partial charge in [-0.25, -0.2) is 0 Å². The second kappa shape index (κ2) is 8.89. The number of hydrogen-bond acceptors (Lipinski definition) is 4. The maximum atomic E-state index is 12.6. The van der Waals surface area contributed by atoms with Crippen molar-refractivity contribution in [3.05, 3.63) is 51.9 Å². The minimum absolute atomic E-state index is 0.112. The first-order valence-corrected chi connectivity index (χ1v) is 8.51. The molecule has 0 saturated carbocycles. The number of nitrogens with one attached hydrogen (secondary N) is 1. The lowest BCUT2D eigenvalue weighted by atomic mass is 10.2. The molecule has 8 heteroatoms. The molecule has 2 rings (SSSR count). The number of carbonyl (C=O) groups excluding carboxylic acids is 2. The first kappa shape index (κ1) is 19.3. The highest BCUT2D eigenvalue weighted by Gasteiger charge is 2.20. The van der Waals surface area contributed by atoms with Gasteiger partial charge in [0.1, 0.15) is 18.6 Å². The molecule has 0 radical (unpaired) electrons. The van der Waals surface area contributed by atoms with Crippen LogP contribution in [0, 0.1) is 0 Å². The van der Waals surface area contributed by atoms with Gasteiger partial charge in [0, 0.05) is 11.6 Å². The van der Waals surface area contributed by atoms with E-state index in [0.29, 0.717) is 40.0 Å². The van der Waals surface area contributed by atoms with Gasteiger partial charge in [0.05, 0.1) is 22.8 Å². The summed E-state index contributed by atoms with van der Waals surface area (Å²) >= 11 is 11.9. The molecule has 0 bridgehead atoms. The molecule has 134 valence electrons. The average molecular weight is 384 g/mol. The summed E-state index contributed by atoms with van der Waals surface area (Å²) in [6.07, 6.45) is 2.05. The highest BCUT2D eigenvalue weighted by Crippen LogP contribution is 2.25. The molecule has 0 saturated heterocycles. The molecule has 1 aromatic heterocycles. The summed E-state index contributed by atoms with van der Waals surface area (Å²) in [6, 6.07) is 6.35. The van der Waals surface area contributed by atoms with Crippen molar-refractivity contribution in [2.45, 2.75) is 19.9 Å². The van der Waals surface area contributed by atoms with E-state index in [4.69, 9.17) is 33.4 Å². The van der Waals surface area contributed by atoms with E-state index in [-0.39, 0.29) is 24.9 Å². The molecular formula is C17H19Cl2N3O3. The third-order valence-corrected chi connectivity index (χ3v) is 3.98.